The van der Waals surface area contributed by atoms with Gasteiger partial charge in [-0.2, -0.15) is 0 Å². The molecule has 0 radical (unpaired) electrons. The van der Waals surface area contributed by atoms with E-state index in [0.717, 1.165) is 12.7 Å². The van der Waals surface area contributed by atoms with Gasteiger partial charge in [-0.3, -0.25) is 0 Å². The molecule has 2 heteroatoms. The van der Waals surface area contributed by atoms with Crippen LogP contribution in [0.15, 0.2) is 0 Å². The number of hydrogen-bond acceptors (Lipinski definition) is 2. The second-order valence-corrected chi connectivity index (χ2v) is 5.97. The maximum atomic E-state index is 9.82. The lowest BCUT2D eigenvalue weighted by Crippen LogP contribution is -2.06. The van der Waals surface area contributed by atoms with Crippen molar-refractivity contribution < 1.29 is 11.3 Å². The third-order valence-electron chi connectivity index (χ3n) is 1.56. The zero-order valence-corrected chi connectivity index (χ0v) is 10.6. The van der Waals surface area contributed by atoms with Crippen LogP contribution < -0.4 is 0 Å². The first kappa shape index (κ1) is 20.1. The van der Waals surface area contributed by atoms with Crippen molar-refractivity contribution in [2.24, 2.45) is 10.8 Å². The molecule has 1 N–H and O–H groups in total. The molecule has 0 aromatic carbocycles. The fourth-order valence-electron chi connectivity index (χ4n) is 0.585. The van der Waals surface area contributed by atoms with Crippen LogP contribution in [0.2, 0.25) is 0 Å². The minimum Gasteiger partial charge on any atom is -0.396 e. The molecule has 0 saturated carbocycles. The summed E-state index contributed by atoms with van der Waals surface area (Å²) in [4.78, 5) is 9.82. The molecule has 0 aliphatic carbocycles. The van der Waals surface area contributed by atoms with Crippen molar-refractivity contribution >= 4 is 6.29 Å². The topological polar surface area (TPSA) is 37.3 Å². The maximum absolute atomic E-state index is 9.82. The fraction of sp³-hybridized carbons (Fsp3) is 0.923. The second kappa shape index (κ2) is 8.90. The number of hydrogen-bond donors (Lipinski definition) is 1. The molecule has 2 nitrogen and oxygen atoms in total. The zero-order chi connectivity index (χ0) is 11.8. The highest BCUT2D eigenvalue weighted by atomic mass is 16.3. The SMILES string of the molecule is C.CC(C)(C)CC=O.CC(C)(C)CCO.[HH]. The summed E-state index contributed by atoms with van der Waals surface area (Å²) < 4.78 is 0. The minimum absolute atomic E-state index is 0. The molecule has 0 bridgehead atoms. The number of rotatable bonds is 2. The van der Waals surface area contributed by atoms with Crippen LogP contribution in [0.3, 0.4) is 0 Å². The Bertz CT molecular complexity index is 143. The van der Waals surface area contributed by atoms with E-state index in [-0.39, 0.29) is 14.3 Å². The number of aldehydes is 1. The van der Waals surface area contributed by atoms with E-state index in [0.29, 0.717) is 18.4 Å². The Balaban J connectivity index is -0.0000000800. The van der Waals surface area contributed by atoms with Gasteiger partial charge < -0.3 is 9.90 Å². The third kappa shape index (κ3) is 31.7. The lowest BCUT2D eigenvalue weighted by atomic mass is 9.93. The van der Waals surface area contributed by atoms with E-state index < -0.39 is 0 Å². The average molecular weight is 220 g/mol. The fourth-order valence-corrected chi connectivity index (χ4v) is 0.585. The van der Waals surface area contributed by atoms with Gasteiger partial charge in [0.25, 0.3) is 0 Å². The van der Waals surface area contributed by atoms with Gasteiger partial charge in [0, 0.05) is 14.5 Å². The summed E-state index contributed by atoms with van der Waals surface area (Å²) in [5.41, 5.74) is 0.483. The Morgan fingerprint density at radius 1 is 1.07 bits per heavy atom. The van der Waals surface area contributed by atoms with Crippen LogP contribution in [0.1, 0.15) is 63.2 Å². The normalized spacial score (nSPS) is 10.9. The lowest BCUT2D eigenvalue weighted by molar-refractivity contribution is -0.109. The Morgan fingerprint density at radius 2 is 1.47 bits per heavy atom. The molecule has 0 saturated heterocycles. The summed E-state index contributed by atoms with van der Waals surface area (Å²) in [6.07, 6.45) is 2.51. The van der Waals surface area contributed by atoms with Crippen molar-refractivity contribution in [1.82, 2.24) is 0 Å². The molecule has 15 heavy (non-hydrogen) atoms. The Labute approximate surface area is 97.6 Å². The highest BCUT2D eigenvalue weighted by Gasteiger charge is 2.07. The van der Waals surface area contributed by atoms with E-state index in [1.807, 2.05) is 20.8 Å². The summed E-state index contributed by atoms with van der Waals surface area (Å²) in [6, 6.07) is 0. The maximum Gasteiger partial charge on any atom is 0.120 e. The molecule has 0 spiro atoms. The molecule has 0 unspecified atom stereocenters. The zero-order valence-electron chi connectivity index (χ0n) is 10.6. The predicted molar refractivity (Wildman–Crippen MR) is 70.1 cm³/mol. The van der Waals surface area contributed by atoms with E-state index >= 15 is 0 Å². The molecule has 0 heterocycles. The Morgan fingerprint density at radius 3 is 1.47 bits per heavy atom. The number of carbonyl (C=O) groups excluding carboxylic acids is 1. The molecular formula is C13H32O2. The standard InChI is InChI=1S/C6H14O.C6H12O.CH4.H2/c2*1-6(2,3)4-5-7;;/h7H,4-5H2,1-3H3;5H,4H2,1-3H3;1H4;1H. The van der Waals surface area contributed by atoms with E-state index in [4.69, 9.17) is 5.11 Å². The van der Waals surface area contributed by atoms with Crippen molar-refractivity contribution in [3.05, 3.63) is 0 Å². The molecule has 0 aromatic rings. The summed E-state index contributed by atoms with van der Waals surface area (Å²) in [5.74, 6) is 0. The smallest absolute Gasteiger partial charge is 0.120 e. The van der Waals surface area contributed by atoms with Crippen LogP contribution in [0.4, 0.5) is 0 Å². The molecule has 0 aliphatic rings. The van der Waals surface area contributed by atoms with Crippen molar-refractivity contribution in [2.45, 2.75) is 61.8 Å². The van der Waals surface area contributed by atoms with E-state index in [1.54, 1.807) is 0 Å². The highest BCUT2D eigenvalue weighted by molar-refractivity contribution is 5.50. The van der Waals surface area contributed by atoms with Gasteiger partial charge in [0.1, 0.15) is 6.29 Å². The monoisotopic (exact) mass is 220 g/mol. The van der Waals surface area contributed by atoms with Crippen LogP contribution in [0.25, 0.3) is 0 Å². The molecule has 0 fully saturated rings. The van der Waals surface area contributed by atoms with Gasteiger partial charge >= 0.3 is 0 Å². The first-order valence-electron chi connectivity index (χ1n) is 5.17. The van der Waals surface area contributed by atoms with E-state index in [2.05, 4.69) is 20.8 Å². The number of aliphatic hydroxyl groups is 1. The lowest BCUT2D eigenvalue weighted by Gasteiger charge is -2.14. The first-order chi connectivity index (χ1) is 6.12. The van der Waals surface area contributed by atoms with Gasteiger partial charge in [-0.15, -0.1) is 0 Å². The third-order valence-corrected chi connectivity index (χ3v) is 1.56. The van der Waals surface area contributed by atoms with Crippen molar-refractivity contribution in [3.63, 3.8) is 0 Å². The van der Waals surface area contributed by atoms with Crippen molar-refractivity contribution in [3.8, 4) is 0 Å². The molecule has 0 atom stereocenters. The van der Waals surface area contributed by atoms with Gasteiger partial charge in [0.05, 0.1) is 0 Å². The summed E-state index contributed by atoms with van der Waals surface area (Å²) in [6.45, 7) is 12.8. The number of carbonyl (C=O) groups is 1. The van der Waals surface area contributed by atoms with Gasteiger partial charge in [0.2, 0.25) is 0 Å². The molecule has 0 aliphatic heterocycles. The van der Waals surface area contributed by atoms with Crippen LogP contribution in [-0.2, 0) is 4.79 Å². The highest BCUT2D eigenvalue weighted by Crippen LogP contribution is 2.16. The van der Waals surface area contributed by atoms with Crippen LogP contribution in [0.5, 0.6) is 0 Å². The minimum atomic E-state index is 0. The molecule has 0 rings (SSSR count). The molecule has 96 valence electrons. The second-order valence-electron chi connectivity index (χ2n) is 5.97. The van der Waals surface area contributed by atoms with E-state index in [1.165, 1.54) is 0 Å². The van der Waals surface area contributed by atoms with Gasteiger partial charge in [-0.1, -0.05) is 49.0 Å². The van der Waals surface area contributed by atoms with Gasteiger partial charge in [-0.05, 0) is 17.3 Å². The van der Waals surface area contributed by atoms with Crippen LogP contribution >= 0.6 is 0 Å². The predicted octanol–water partition coefficient (Wildman–Crippen LogP) is 3.92. The average Bonchev–Trinajstić information content (AvgIpc) is 1.81. The quantitative estimate of drug-likeness (QED) is 0.716. The summed E-state index contributed by atoms with van der Waals surface area (Å²) in [5, 5.41) is 8.40. The summed E-state index contributed by atoms with van der Waals surface area (Å²) >= 11 is 0. The Hall–Kier alpha value is -0.370. The van der Waals surface area contributed by atoms with Crippen molar-refractivity contribution in [1.29, 1.82) is 0 Å². The molecular weight excluding hydrogens is 188 g/mol. The van der Waals surface area contributed by atoms with Gasteiger partial charge in [0.15, 0.2) is 0 Å². The van der Waals surface area contributed by atoms with Crippen LogP contribution in [0, 0.1) is 10.8 Å². The van der Waals surface area contributed by atoms with Crippen molar-refractivity contribution in [2.75, 3.05) is 6.61 Å². The summed E-state index contributed by atoms with van der Waals surface area (Å²) in [7, 11) is 0. The van der Waals surface area contributed by atoms with Crippen LogP contribution in [-0.4, -0.2) is 18.0 Å². The van der Waals surface area contributed by atoms with Gasteiger partial charge in [-0.25, -0.2) is 0 Å². The van der Waals surface area contributed by atoms with E-state index in [9.17, 15) is 4.79 Å². The molecule has 0 aromatic heterocycles. The number of aliphatic hydroxyl groups excluding tert-OH is 1. The Kier molecular flexibility index (Phi) is 11.9. The molecule has 0 amide bonds. The largest absolute Gasteiger partial charge is 0.396 e. The first-order valence-corrected chi connectivity index (χ1v) is 5.17.